The molecule has 17 heavy (non-hydrogen) atoms. The summed E-state index contributed by atoms with van der Waals surface area (Å²) in [6, 6.07) is 1.20. The van der Waals surface area contributed by atoms with Gasteiger partial charge in [-0.3, -0.25) is 4.90 Å². The fourth-order valence-electron chi connectivity index (χ4n) is 3.21. The molecule has 2 saturated carbocycles. The molecule has 0 heterocycles. The van der Waals surface area contributed by atoms with Gasteiger partial charge in [0.1, 0.15) is 0 Å². The Bertz CT molecular complexity index is 218. The van der Waals surface area contributed by atoms with Crippen molar-refractivity contribution >= 4 is 0 Å². The Morgan fingerprint density at radius 3 is 2.41 bits per heavy atom. The lowest BCUT2D eigenvalue weighted by Gasteiger charge is -2.41. The van der Waals surface area contributed by atoms with Crippen LogP contribution in [0.2, 0.25) is 0 Å². The summed E-state index contributed by atoms with van der Waals surface area (Å²) >= 11 is 0. The maximum absolute atomic E-state index is 8.99. The van der Waals surface area contributed by atoms with Crippen molar-refractivity contribution in [1.29, 1.82) is 0 Å². The van der Waals surface area contributed by atoms with Gasteiger partial charge < -0.3 is 10.8 Å². The summed E-state index contributed by atoms with van der Waals surface area (Å²) < 4.78 is 0. The predicted octanol–water partition coefficient (Wildman–Crippen LogP) is 1.74. The van der Waals surface area contributed by atoms with Gasteiger partial charge in [-0.2, -0.15) is 0 Å². The predicted molar refractivity (Wildman–Crippen MR) is 70.8 cm³/mol. The Morgan fingerprint density at radius 1 is 1.06 bits per heavy atom. The van der Waals surface area contributed by atoms with Gasteiger partial charge in [0.25, 0.3) is 0 Å². The Balaban J connectivity index is 1.81. The molecule has 0 amide bonds. The van der Waals surface area contributed by atoms with Crippen molar-refractivity contribution in [2.45, 2.75) is 63.5 Å². The molecule has 0 aliphatic heterocycles. The number of rotatable bonds is 6. The summed E-state index contributed by atoms with van der Waals surface area (Å²) in [4.78, 5) is 2.61. The molecule has 0 aromatic rings. The first-order chi connectivity index (χ1) is 8.31. The molecular formula is C14H28N2O. The topological polar surface area (TPSA) is 49.5 Å². The Kier molecular flexibility index (Phi) is 5.26. The molecule has 0 spiro atoms. The first-order valence-corrected chi connectivity index (χ1v) is 7.41. The molecule has 3 heteroatoms. The van der Waals surface area contributed by atoms with Crippen molar-refractivity contribution < 1.29 is 5.11 Å². The lowest BCUT2D eigenvalue weighted by molar-refractivity contribution is 0.0842. The third-order valence-electron chi connectivity index (χ3n) is 4.63. The van der Waals surface area contributed by atoms with Gasteiger partial charge in [0.15, 0.2) is 0 Å². The smallest absolute Gasteiger partial charge is 0.0443 e. The Hall–Kier alpha value is -0.120. The van der Waals surface area contributed by atoms with Crippen LogP contribution in [0.5, 0.6) is 0 Å². The molecule has 3 N–H and O–H groups in total. The van der Waals surface area contributed by atoms with Crippen LogP contribution in [0.4, 0.5) is 0 Å². The van der Waals surface area contributed by atoms with E-state index in [4.69, 9.17) is 10.8 Å². The van der Waals surface area contributed by atoms with Crippen molar-refractivity contribution in [1.82, 2.24) is 4.90 Å². The normalized spacial score (nSPS) is 30.5. The summed E-state index contributed by atoms with van der Waals surface area (Å²) in [5, 5.41) is 8.99. The molecule has 3 nitrogen and oxygen atoms in total. The zero-order valence-electron chi connectivity index (χ0n) is 11.0. The van der Waals surface area contributed by atoms with E-state index in [1.54, 1.807) is 0 Å². The standard InChI is InChI=1S/C14H28N2O/c15-14-8-2-1-5-12(14)11-16(9-4-10-17)13-6-3-7-13/h12-14,17H,1-11,15H2. The highest BCUT2D eigenvalue weighted by Crippen LogP contribution is 2.29. The molecule has 0 bridgehead atoms. The van der Waals surface area contributed by atoms with Gasteiger partial charge in [-0.15, -0.1) is 0 Å². The zero-order chi connectivity index (χ0) is 12.1. The van der Waals surface area contributed by atoms with E-state index in [1.807, 2.05) is 0 Å². The van der Waals surface area contributed by atoms with E-state index in [2.05, 4.69) is 4.90 Å². The van der Waals surface area contributed by atoms with E-state index in [1.165, 1.54) is 51.5 Å². The van der Waals surface area contributed by atoms with Crippen LogP contribution in [-0.4, -0.2) is 41.8 Å². The van der Waals surface area contributed by atoms with Crippen molar-refractivity contribution in [2.24, 2.45) is 11.7 Å². The molecule has 0 aromatic heterocycles. The van der Waals surface area contributed by atoms with Crippen LogP contribution >= 0.6 is 0 Å². The first kappa shape index (κ1) is 13.3. The molecular weight excluding hydrogens is 212 g/mol. The second-order valence-electron chi connectivity index (χ2n) is 5.87. The van der Waals surface area contributed by atoms with E-state index >= 15 is 0 Å². The molecule has 0 aromatic carbocycles. The lowest BCUT2D eigenvalue weighted by Crippen LogP contribution is -2.47. The molecule has 2 rings (SSSR count). The minimum Gasteiger partial charge on any atom is -0.396 e. The SMILES string of the molecule is NC1CCCCC1CN(CCCO)C1CCC1. The fraction of sp³-hybridized carbons (Fsp3) is 1.00. The Morgan fingerprint density at radius 2 is 1.82 bits per heavy atom. The minimum absolute atomic E-state index is 0.319. The second-order valence-corrected chi connectivity index (χ2v) is 5.87. The highest BCUT2D eigenvalue weighted by atomic mass is 16.3. The average molecular weight is 240 g/mol. The summed E-state index contributed by atoms with van der Waals surface area (Å²) in [5.74, 6) is 0.697. The van der Waals surface area contributed by atoms with Crippen molar-refractivity contribution in [2.75, 3.05) is 19.7 Å². The third-order valence-corrected chi connectivity index (χ3v) is 4.63. The van der Waals surface area contributed by atoms with Gasteiger partial charge in [-0.05, 0) is 38.0 Å². The number of nitrogens with zero attached hydrogens (tertiary/aromatic N) is 1. The average Bonchev–Trinajstić information content (AvgIpc) is 2.26. The molecule has 2 unspecified atom stereocenters. The van der Waals surface area contributed by atoms with Crippen LogP contribution in [0.25, 0.3) is 0 Å². The van der Waals surface area contributed by atoms with Crippen LogP contribution in [0.3, 0.4) is 0 Å². The summed E-state index contributed by atoms with van der Waals surface area (Å²) in [6.45, 7) is 2.55. The molecule has 2 aliphatic carbocycles. The summed E-state index contributed by atoms with van der Waals surface area (Å²) in [7, 11) is 0. The van der Waals surface area contributed by atoms with E-state index < -0.39 is 0 Å². The van der Waals surface area contributed by atoms with Gasteiger partial charge in [-0.1, -0.05) is 19.3 Å². The maximum Gasteiger partial charge on any atom is 0.0443 e. The van der Waals surface area contributed by atoms with Gasteiger partial charge >= 0.3 is 0 Å². The van der Waals surface area contributed by atoms with Gasteiger partial charge in [-0.25, -0.2) is 0 Å². The highest BCUT2D eigenvalue weighted by molar-refractivity contribution is 4.86. The second kappa shape index (κ2) is 6.72. The molecule has 2 atom stereocenters. The number of nitrogens with two attached hydrogens (primary N) is 1. The fourth-order valence-corrected chi connectivity index (χ4v) is 3.21. The maximum atomic E-state index is 8.99. The molecule has 2 aliphatic rings. The molecule has 2 fully saturated rings. The van der Waals surface area contributed by atoms with E-state index in [0.29, 0.717) is 18.6 Å². The van der Waals surface area contributed by atoms with Crippen LogP contribution in [0.15, 0.2) is 0 Å². The highest BCUT2D eigenvalue weighted by Gasteiger charge is 2.29. The zero-order valence-corrected chi connectivity index (χ0v) is 11.0. The number of aliphatic hydroxyl groups is 1. The van der Waals surface area contributed by atoms with E-state index in [0.717, 1.165) is 19.0 Å². The lowest BCUT2D eigenvalue weighted by atomic mass is 9.83. The van der Waals surface area contributed by atoms with Gasteiger partial charge in [0.05, 0.1) is 0 Å². The van der Waals surface area contributed by atoms with Crippen LogP contribution in [-0.2, 0) is 0 Å². The third kappa shape index (κ3) is 3.67. The molecule has 0 saturated heterocycles. The van der Waals surface area contributed by atoms with Crippen LogP contribution in [0.1, 0.15) is 51.4 Å². The Labute approximate surface area is 105 Å². The first-order valence-electron chi connectivity index (χ1n) is 7.41. The van der Waals surface area contributed by atoms with Gasteiger partial charge in [0.2, 0.25) is 0 Å². The van der Waals surface area contributed by atoms with Crippen LogP contribution < -0.4 is 5.73 Å². The summed E-state index contributed by atoms with van der Waals surface area (Å²) in [5.41, 5.74) is 6.24. The van der Waals surface area contributed by atoms with Crippen molar-refractivity contribution in [3.63, 3.8) is 0 Å². The van der Waals surface area contributed by atoms with Gasteiger partial charge in [0, 0.05) is 31.8 Å². The number of hydrogen-bond donors (Lipinski definition) is 2. The molecule has 100 valence electrons. The van der Waals surface area contributed by atoms with Crippen molar-refractivity contribution in [3.05, 3.63) is 0 Å². The molecule has 0 radical (unpaired) electrons. The van der Waals surface area contributed by atoms with Crippen molar-refractivity contribution in [3.8, 4) is 0 Å². The summed E-state index contributed by atoms with van der Waals surface area (Å²) in [6.07, 6.45) is 10.2. The largest absolute Gasteiger partial charge is 0.396 e. The number of hydrogen-bond acceptors (Lipinski definition) is 3. The quantitative estimate of drug-likeness (QED) is 0.743. The minimum atomic E-state index is 0.319. The van der Waals surface area contributed by atoms with E-state index in [9.17, 15) is 0 Å². The number of aliphatic hydroxyl groups excluding tert-OH is 1. The van der Waals surface area contributed by atoms with E-state index in [-0.39, 0.29) is 0 Å². The van der Waals surface area contributed by atoms with Crippen LogP contribution in [0, 0.1) is 5.92 Å². The monoisotopic (exact) mass is 240 g/mol.